The molecule has 1 rings (SSSR count). The van der Waals surface area contributed by atoms with Gasteiger partial charge < -0.3 is 10.1 Å². The molecule has 0 saturated carbocycles. The van der Waals surface area contributed by atoms with E-state index in [4.69, 9.17) is 16.3 Å². The van der Waals surface area contributed by atoms with Gasteiger partial charge in [0.2, 0.25) is 0 Å². The zero-order valence-electron chi connectivity index (χ0n) is 12.2. The van der Waals surface area contributed by atoms with E-state index in [1.807, 2.05) is 19.2 Å². The zero-order chi connectivity index (χ0) is 14.3. The van der Waals surface area contributed by atoms with Crippen LogP contribution in [0.5, 0.6) is 0 Å². The Hall–Kier alpha value is -0.840. The van der Waals surface area contributed by atoms with Crippen LogP contribution in [0.15, 0.2) is 12.1 Å². The van der Waals surface area contributed by atoms with Crippen molar-refractivity contribution < 1.29 is 4.74 Å². The van der Waals surface area contributed by atoms with E-state index in [1.54, 1.807) is 7.11 Å². The maximum absolute atomic E-state index is 6.21. The molecule has 1 heterocycles. The Morgan fingerprint density at radius 2 is 2.21 bits per heavy atom. The number of nitrogens with zero attached hydrogens (tertiary/aromatic N) is 2. The lowest BCUT2D eigenvalue weighted by atomic mass is 10.2. The summed E-state index contributed by atoms with van der Waals surface area (Å²) in [6, 6.07) is 4.15. The highest BCUT2D eigenvalue weighted by Crippen LogP contribution is 2.18. The van der Waals surface area contributed by atoms with Crippen LogP contribution < -0.4 is 5.32 Å². The van der Waals surface area contributed by atoms with Gasteiger partial charge in [-0.1, -0.05) is 18.5 Å². The van der Waals surface area contributed by atoms with Crippen molar-refractivity contribution in [3.63, 3.8) is 0 Å². The molecule has 0 aliphatic carbocycles. The summed E-state index contributed by atoms with van der Waals surface area (Å²) in [6.07, 6.45) is 1.07. The summed E-state index contributed by atoms with van der Waals surface area (Å²) in [5, 5.41) is 3.98. The van der Waals surface area contributed by atoms with Crippen molar-refractivity contribution in [2.24, 2.45) is 0 Å². The minimum atomic E-state index is 0.329. The predicted octanol–water partition coefficient (Wildman–Crippen LogP) is 3.02. The summed E-state index contributed by atoms with van der Waals surface area (Å²) in [6.45, 7) is 6.58. The standard InChI is InChI=1S/C14H24ClN3O/c1-5-8-16-14-7-6-12(15)13(17-14)9-18(3)11(2)10-19-4/h6-7,11H,5,8-10H2,1-4H3,(H,16,17). The molecule has 19 heavy (non-hydrogen) atoms. The van der Waals surface area contributed by atoms with Gasteiger partial charge in [-0.05, 0) is 32.5 Å². The van der Waals surface area contributed by atoms with Crippen LogP contribution in [0.25, 0.3) is 0 Å². The Balaban J connectivity index is 2.70. The molecule has 0 aromatic carbocycles. The van der Waals surface area contributed by atoms with E-state index in [0.29, 0.717) is 24.2 Å². The van der Waals surface area contributed by atoms with E-state index in [0.717, 1.165) is 24.5 Å². The number of halogens is 1. The summed E-state index contributed by atoms with van der Waals surface area (Å²) in [5.41, 5.74) is 0.897. The molecule has 4 nitrogen and oxygen atoms in total. The molecule has 0 saturated heterocycles. The molecule has 1 atom stereocenters. The van der Waals surface area contributed by atoms with Crippen molar-refractivity contribution in [3.05, 3.63) is 22.8 Å². The maximum atomic E-state index is 6.21. The zero-order valence-corrected chi connectivity index (χ0v) is 13.0. The highest BCUT2D eigenvalue weighted by molar-refractivity contribution is 6.31. The molecule has 1 aromatic rings. The van der Waals surface area contributed by atoms with Gasteiger partial charge in [-0.2, -0.15) is 0 Å². The number of anilines is 1. The van der Waals surface area contributed by atoms with Crippen LogP contribution in [0.1, 0.15) is 26.0 Å². The van der Waals surface area contributed by atoms with Gasteiger partial charge in [-0.3, -0.25) is 4.90 Å². The number of rotatable bonds is 8. The number of likely N-dealkylation sites (N-methyl/N-ethyl adjacent to an activating group) is 1. The summed E-state index contributed by atoms with van der Waals surface area (Å²) in [5.74, 6) is 0.883. The van der Waals surface area contributed by atoms with Gasteiger partial charge in [0.15, 0.2) is 0 Å². The molecule has 5 heteroatoms. The van der Waals surface area contributed by atoms with Crippen molar-refractivity contribution in [1.29, 1.82) is 0 Å². The summed E-state index contributed by atoms with van der Waals surface area (Å²) in [7, 11) is 3.76. The van der Waals surface area contributed by atoms with Crippen molar-refractivity contribution in [1.82, 2.24) is 9.88 Å². The van der Waals surface area contributed by atoms with E-state index in [1.165, 1.54) is 0 Å². The fourth-order valence-corrected chi connectivity index (χ4v) is 1.87. The average Bonchev–Trinajstić information content (AvgIpc) is 2.39. The lowest BCUT2D eigenvalue weighted by Gasteiger charge is -2.24. The maximum Gasteiger partial charge on any atom is 0.126 e. The smallest absolute Gasteiger partial charge is 0.126 e. The molecule has 0 fully saturated rings. The van der Waals surface area contributed by atoms with Crippen molar-refractivity contribution in [2.45, 2.75) is 32.9 Å². The lowest BCUT2D eigenvalue weighted by Crippen LogP contribution is -2.32. The molecule has 0 bridgehead atoms. The number of methoxy groups -OCH3 is 1. The molecule has 108 valence electrons. The quantitative estimate of drug-likeness (QED) is 0.797. The van der Waals surface area contributed by atoms with Crippen molar-refractivity contribution in [3.8, 4) is 0 Å². The summed E-state index contributed by atoms with van der Waals surface area (Å²) >= 11 is 6.21. The van der Waals surface area contributed by atoms with Crippen LogP contribution in [0.3, 0.4) is 0 Å². The fraction of sp³-hybridized carbons (Fsp3) is 0.643. The van der Waals surface area contributed by atoms with Gasteiger partial charge in [0.1, 0.15) is 5.82 Å². The molecule has 0 aliphatic rings. The monoisotopic (exact) mass is 285 g/mol. The minimum Gasteiger partial charge on any atom is -0.383 e. The second-order valence-electron chi connectivity index (χ2n) is 4.77. The first kappa shape index (κ1) is 16.2. The van der Waals surface area contributed by atoms with Gasteiger partial charge in [0, 0.05) is 26.2 Å². The van der Waals surface area contributed by atoms with Gasteiger partial charge in [0.05, 0.1) is 17.3 Å². The molecule has 0 radical (unpaired) electrons. The Labute approximate surface area is 121 Å². The first-order valence-electron chi connectivity index (χ1n) is 6.67. The number of nitrogens with one attached hydrogen (secondary N) is 1. The van der Waals surface area contributed by atoms with Crippen LogP contribution in [-0.2, 0) is 11.3 Å². The molecule has 0 spiro atoms. The fourth-order valence-electron chi connectivity index (χ4n) is 1.71. The number of aromatic nitrogens is 1. The molecule has 0 amide bonds. The normalized spacial score (nSPS) is 12.7. The predicted molar refractivity (Wildman–Crippen MR) is 80.8 cm³/mol. The van der Waals surface area contributed by atoms with Gasteiger partial charge in [-0.15, -0.1) is 0 Å². The second-order valence-corrected chi connectivity index (χ2v) is 5.18. The van der Waals surface area contributed by atoms with Crippen molar-refractivity contribution in [2.75, 3.05) is 32.6 Å². The molecular weight excluding hydrogens is 262 g/mol. The number of pyridine rings is 1. The van der Waals surface area contributed by atoms with Crippen LogP contribution >= 0.6 is 11.6 Å². The first-order valence-corrected chi connectivity index (χ1v) is 7.04. The third kappa shape index (κ3) is 5.35. The largest absolute Gasteiger partial charge is 0.383 e. The first-order chi connectivity index (χ1) is 9.08. The Morgan fingerprint density at radius 3 is 2.84 bits per heavy atom. The molecular formula is C14H24ClN3O. The lowest BCUT2D eigenvalue weighted by molar-refractivity contribution is 0.111. The average molecular weight is 286 g/mol. The van der Waals surface area contributed by atoms with E-state index in [9.17, 15) is 0 Å². The van der Waals surface area contributed by atoms with Crippen LogP contribution in [0, 0.1) is 0 Å². The van der Waals surface area contributed by atoms with Gasteiger partial charge in [-0.25, -0.2) is 4.98 Å². The summed E-state index contributed by atoms with van der Waals surface area (Å²) < 4.78 is 5.16. The molecule has 1 unspecified atom stereocenters. The molecule has 1 aromatic heterocycles. The van der Waals surface area contributed by atoms with Crippen molar-refractivity contribution >= 4 is 17.4 Å². The van der Waals surface area contributed by atoms with Crippen LogP contribution in [0.2, 0.25) is 5.02 Å². The minimum absolute atomic E-state index is 0.329. The Kier molecular flexibility index (Phi) is 7.13. The van der Waals surface area contributed by atoms with Gasteiger partial charge >= 0.3 is 0 Å². The second kappa shape index (κ2) is 8.35. The van der Waals surface area contributed by atoms with Crippen LogP contribution in [-0.4, -0.2) is 43.2 Å². The topological polar surface area (TPSA) is 37.4 Å². The third-order valence-electron chi connectivity index (χ3n) is 3.03. The highest BCUT2D eigenvalue weighted by Gasteiger charge is 2.12. The van der Waals surface area contributed by atoms with Crippen LogP contribution in [0.4, 0.5) is 5.82 Å². The van der Waals surface area contributed by atoms with E-state index in [-0.39, 0.29) is 0 Å². The van der Waals surface area contributed by atoms with E-state index < -0.39 is 0 Å². The Bertz CT molecular complexity index is 387. The van der Waals surface area contributed by atoms with E-state index >= 15 is 0 Å². The summed E-state index contributed by atoms with van der Waals surface area (Å²) in [4.78, 5) is 6.75. The molecule has 1 N–H and O–H groups in total. The highest BCUT2D eigenvalue weighted by atomic mass is 35.5. The number of hydrogen-bond donors (Lipinski definition) is 1. The SMILES string of the molecule is CCCNc1ccc(Cl)c(CN(C)C(C)COC)n1. The number of hydrogen-bond acceptors (Lipinski definition) is 4. The Morgan fingerprint density at radius 1 is 1.47 bits per heavy atom. The molecule has 0 aliphatic heterocycles. The van der Waals surface area contributed by atoms with E-state index in [2.05, 4.69) is 29.0 Å². The van der Waals surface area contributed by atoms with Gasteiger partial charge in [0.25, 0.3) is 0 Å². The third-order valence-corrected chi connectivity index (χ3v) is 3.38. The number of ether oxygens (including phenoxy) is 1.